The van der Waals surface area contributed by atoms with Crippen molar-refractivity contribution in [1.82, 2.24) is 0 Å². The smallest absolute Gasteiger partial charge is 0.261 e. The number of hydrogen-bond donors (Lipinski definition) is 1. The highest BCUT2D eigenvalue weighted by atomic mass is 35.5. The topological polar surface area (TPSA) is 46.2 Å². The van der Waals surface area contributed by atoms with Crippen LogP contribution in [0.25, 0.3) is 0 Å². The molecule has 0 fully saturated rings. The van der Waals surface area contributed by atoms with Gasteiger partial charge in [0.15, 0.2) is 0 Å². The Hall–Kier alpha value is -1.52. The van der Waals surface area contributed by atoms with Crippen molar-refractivity contribution in [3.8, 4) is 0 Å². The molecule has 0 saturated carbocycles. The van der Waals surface area contributed by atoms with Crippen LogP contribution in [0.2, 0.25) is 5.02 Å². The number of halogens is 1. The summed E-state index contributed by atoms with van der Waals surface area (Å²) in [6.07, 6.45) is 1.02. The van der Waals surface area contributed by atoms with Crippen LogP contribution in [-0.4, -0.2) is 8.42 Å². The van der Waals surface area contributed by atoms with Crippen molar-refractivity contribution in [1.29, 1.82) is 0 Å². The van der Waals surface area contributed by atoms with Crippen LogP contribution in [0.5, 0.6) is 0 Å². The zero-order valence-corrected chi connectivity index (χ0v) is 14.5. The molecule has 5 heteroatoms. The van der Waals surface area contributed by atoms with Gasteiger partial charge >= 0.3 is 0 Å². The molecule has 0 aromatic heterocycles. The SMILES string of the molecule is CCC(C)c1ccc(S(=O)(=O)Nc2ccc(C)c(Cl)c2)cc1. The summed E-state index contributed by atoms with van der Waals surface area (Å²) in [4.78, 5) is 0.247. The van der Waals surface area contributed by atoms with E-state index in [-0.39, 0.29) is 4.90 Å². The van der Waals surface area contributed by atoms with E-state index in [0.29, 0.717) is 16.6 Å². The fourth-order valence-electron chi connectivity index (χ4n) is 2.08. The van der Waals surface area contributed by atoms with Crippen molar-refractivity contribution in [3.05, 3.63) is 58.6 Å². The van der Waals surface area contributed by atoms with Gasteiger partial charge in [-0.1, -0.05) is 43.6 Å². The predicted octanol–water partition coefficient (Wildman–Crippen LogP) is 4.96. The molecule has 0 aliphatic rings. The highest BCUT2D eigenvalue weighted by molar-refractivity contribution is 7.92. The molecule has 2 aromatic carbocycles. The van der Waals surface area contributed by atoms with E-state index in [1.807, 2.05) is 19.1 Å². The van der Waals surface area contributed by atoms with Crippen LogP contribution in [-0.2, 0) is 10.0 Å². The van der Waals surface area contributed by atoms with Crippen LogP contribution in [0.3, 0.4) is 0 Å². The van der Waals surface area contributed by atoms with Gasteiger partial charge in [-0.25, -0.2) is 8.42 Å². The molecule has 3 nitrogen and oxygen atoms in total. The maximum atomic E-state index is 12.4. The molecule has 0 aliphatic carbocycles. The summed E-state index contributed by atoms with van der Waals surface area (Å²) in [6.45, 7) is 6.10. The summed E-state index contributed by atoms with van der Waals surface area (Å²) in [5.41, 5.74) is 2.50. The molecule has 0 bridgehead atoms. The van der Waals surface area contributed by atoms with Gasteiger partial charge in [-0.3, -0.25) is 4.72 Å². The number of hydrogen-bond acceptors (Lipinski definition) is 2. The second-order valence-corrected chi connectivity index (χ2v) is 7.54. The number of anilines is 1. The van der Waals surface area contributed by atoms with E-state index in [1.54, 1.807) is 30.3 Å². The van der Waals surface area contributed by atoms with Crippen molar-refractivity contribution in [3.63, 3.8) is 0 Å². The zero-order valence-electron chi connectivity index (χ0n) is 12.9. The normalized spacial score (nSPS) is 12.9. The van der Waals surface area contributed by atoms with Gasteiger partial charge < -0.3 is 0 Å². The maximum absolute atomic E-state index is 12.4. The van der Waals surface area contributed by atoms with E-state index in [9.17, 15) is 8.42 Å². The molecular formula is C17H20ClNO2S. The lowest BCUT2D eigenvalue weighted by Crippen LogP contribution is -2.13. The molecule has 2 rings (SSSR count). The van der Waals surface area contributed by atoms with Crippen LogP contribution >= 0.6 is 11.6 Å². The van der Waals surface area contributed by atoms with Gasteiger partial charge in [-0.05, 0) is 54.7 Å². The molecule has 2 aromatic rings. The minimum Gasteiger partial charge on any atom is -0.280 e. The molecular weight excluding hydrogens is 318 g/mol. The minimum atomic E-state index is -3.60. The van der Waals surface area contributed by atoms with Crippen molar-refractivity contribution >= 4 is 27.3 Å². The quantitative estimate of drug-likeness (QED) is 0.837. The van der Waals surface area contributed by atoms with Gasteiger partial charge in [-0.2, -0.15) is 0 Å². The first-order chi connectivity index (χ1) is 10.3. The summed E-state index contributed by atoms with van der Waals surface area (Å²) in [5, 5.41) is 0.535. The summed E-state index contributed by atoms with van der Waals surface area (Å²) >= 11 is 6.03. The third-order valence-corrected chi connectivity index (χ3v) is 5.60. The predicted molar refractivity (Wildman–Crippen MR) is 92.1 cm³/mol. The molecule has 0 heterocycles. The Morgan fingerprint density at radius 3 is 2.32 bits per heavy atom. The fourth-order valence-corrected chi connectivity index (χ4v) is 3.31. The summed E-state index contributed by atoms with van der Waals surface area (Å²) in [6, 6.07) is 12.1. The molecule has 1 atom stereocenters. The van der Waals surface area contributed by atoms with E-state index in [4.69, 9.17) is 11.6 Å². The van der Waals surface area contributed by atoms with Crippen LogP contribution < -0.4 is 4.72 Å². The Morgan fingerprint density at radius 2 is 1.77 bits per heavy atom. The first kappa shape index (κ1) is 16.8. The molecule has 0 saturated heterocycles. The first-order valence-electron chi connectivity index (χ1n) is 7.22. The highest BCUT2D eigenvalue weighted by Crippen LogP contribution is 2.24. The van der Waals surface area contributed by atoms with Crippen molar-refractivity contribution in [2.24, 2.45) is 0 Å². The van der Waals surface area contributed by atoms with E-state index in [1.165, 1.54) is 0 Å². The van der Waals surface area contributed by atoms with E-state index in [2.05, 4.69) is 18.6 Å². The largest absolute Gasteiger partial charge is 0.280 e. The number of nitrogens with one attached hydrogen (secondary N) is 1. The van der Waals surface area contributed by atoms with Crippen LogP contribution in [0, 0.1) is 6.92 Å². The number of sulfonamides is 1. The van der Waals surface area contributed by atoms with Crippen molar-refractivity contribution < 1.29 is 8.42 Å². The molecule has 0 amide bonds. The third-order valence-electron chi connectivity index (χ3n) is 3.80. The number of benzene rings is 2. The number of rotatable bonds is 5. The average molecular weight is 338 g/mol. The number of aryl methyl sites for hydroxylation is 1. The van der Waals surface area contributed by atoms with Gasteiger partial charge in [0.05, 0.1) is 10.6 Å². The third kappa shape index (κ3) is 3.81. The molecule has 0 radical (unpaired) electrons. The molecule has 22 heavy (non-hydrogen) atoms. The second kappa shape index (κ2) is 6.71. The highest BCUT2D eigenvalue weighted by Gasteiger charge is 2.15. The van der Waals surface area contributed by atoms with Crippen LogP contribution in [0.15, 0.2) is 47.4 Å². The Morgan fingerprint density at radius 1 is 1.14 bits per heavy atom. The summed E-state index contributed by atoms with van der Waals surface area (Å²) in [7, 11) is -3.60. The van der Waals surface area contributed by atoms with Gasteiger partial charge in [0.1, 0.15) is 0 Å². The van der Waals surface area contributed by atoms with E-state index >= 15 is 0 Å². The lowest BCUT2D eigenvalue weighted by molar-refractivity contribution is 0.601. The zero-order chi connectivity index (χ0) is 16.3. The molecule has 0 aliphatic heterocycles. The van der Waals surface area contributed by atoms with Gasteiger partial charge in [0.2, 0.25) is 0 Å². The van der Waals surface area contributed by atoms with Gasteiger partial charge in [0, 0.05) is 5.02 Å². The lowest BCUT2D eigenvalue weighted by Gasteiger charge is -2.12. The van der Waals surface area contributed by atoms with Gasteiger partial charge in [0.25, 0.3) is 10.0 Å². The Balaban J connectivity index is 2.24. The van der Waals surface area contributed by atoms with E-state index < -0.39 is 10.0 Å². The first-order valence-corrected chi connectivity index (χ1v) is 9.08. The molecule has 1 N–H and O–H groups in total. The standard InChI is InChI=1S/C17H20ClNO2S/c1-4-12(2)14-6-9-16(10-7-14)22(20,21)19-15-8-5-13(3)17(18)11-15/h5-12,19H,4H2,1-3H3. The van der Waals surface area contributed by atoms with Crippen LogP contribution in [0.1, 0.15) is 37.3 Å². The molecule has 1 unspecified atom stereocenters. The Bertz CT molecular complexity index is 755. The summed E-state index contributed by atoms with van der Waals surface area (Å²) in [5.74, 6) is 0.417. The minimum absolute atomic E-state index is 0.247. The van der Waals surface area contributed by atoms with Crippen LogP contribution in [0.4, 0.5) is 5.69 Å². The lowest BCUT2D eigenvalue weighted by atomic mass is 9.99. The summed E-state index contributed by atoms with van der Waals surface area (Å²) < 4.78 is 27.3. The van der Waals surface area contributed by atoms with Gasteiger partial charge in [-0.15, -0.1) is 0 Å². The van der Waals surface area contributed by atoms with E-state index in [0.717, 1.165) is 17.5 Å². The Kier molecular flexibility index (Phi) is 5.14. The second-order valence-electron chi connectivity index (χ2n) is 5.45. The average Bonchev–Trinajstić information content (AvgIpc) is 2.50. The fraction of sp³-hybridized carbons (Fsp3) is 0.294. The Labute approximate surface area is 137 Å². The maximum Gasteiger partial charge on any atom is 0.261 e. The molecule has 118 valence electrons. The molecule has 0 spiro atoms. The monoisotopic (exact) mass is 337 g/mol. The van der Waals surface area contributed by atoms with Crippen molar-refractivity contribution in [2.75, 3.05) is 4.72 Å². The van der Waals surface area contributed by atoms with Crippen molar-refractivity contribution in [2.45, 2.75) is 38.0 Å².